The molecule has 2 aromatic heterocycles. The fraction of sp³-hybridized carbons (Fsp3) is 0.500. The van der Waals surface area contributed by atoms with Crippen molar-refractivity contribution in [2.45, 2.75) is 26.9 Å². The molecule has 0 bridgehead atoms. The summed E-state index contributed by atoms with van der Waals surface area (Å²) in [6.07, 6.45) is 3.56. The number of likely N-dealkylation sites (N-methyl/N-ethyl adjacent to an activating group) is 1. The van der Waals surface area contributed by atoms with Gasteiger partial charge in [-0.1, -0.05) is 6.92 Å². The molecule has 1 saturated heterocycles. The summed E-state index contributed by atoms with van der Waals surface area (Å²) in [5, 5.41) is 6.57. The Morgan fingerprint density at radius 1 is 1.18 bits per heavy atom. The van der Waals surface area contributed by atoms with E-state index in [0.29, 0.717) is 13.1 Å². The van der Waals surface area contributed by atoms with Crippen LogP contribution in [0.2, 0.25) is 0 Å². The van der Waals surface area contributed by atoms with Crippen molar-refractivity contribution < 1.29 is 4.42 Å². The van der Waals surface area contributed by atoms with Crippen LogP contribution in [0.25, 0.3) is 0 Å². The number of aromatic nitrogens is 1. The molecular formula is C20H31IN6O. The third kappa shape index (κ3) is 6.66. The van der Waals surface area contributed by atoms with E-state index in [9.17, 15) is 0 Å². The van der Waals surface area contributed by atoms with E-state index >= 15 is 0 Å². The molecule has 0 radical (unpaired) electrons. The van der Waals surface area contributed by atoms with E-state index in [4.69, 9.17) is 9.41 Å². The number of nitrogens with zero attached hydrogens (tertiary/aromatic N) is 4. The summed E-state index contributed by atoms with van der Waals surface area (Å²) in [5.74, 6) is 2.72. The highest BCUT2D eigenvalue weighted by molar-refractivity contribution is 14.0. The molecular weight excluding hydrogens is 467 g/mol. The molecule has 3 rings (SSSR count). The number of anilines is 1. The molecule has 2 aromatic rings. The molecule has 0 amide bonds. The average Bonchev–Trinajstić information content (AvgIpc) is 3.24. The van der Waals surface area contributed by atoms with Gasteiger partial charge in [-0.3, -0.25) is 0 Å². The number of aliphatic imine (C=N–C) groups is 1. The molecule has 8 heteroatoms. The van der Waals surface area contributed by atoms with Gasteiger partial charge in [0.2, 0.25) is 0 Å². The lowest BCUT2D eigenvalue weighted by atomic mass is 10.2. The lowest BCUT2D eigenvalue weighted by Gasteiger charge is -2.34. The Labute approximate surface area is 184 Å². The van der Waals surface area contributed by atoms with Gasteiger partial charge in [0.05, 0.1) is 19.4 Å². The van der Waals surface area contributed by atoms with Crippen molar-refractivity contribution in [3.8, 4) is 0 Å². The van der Waals surface area contributed by atoms with E-state index in [1.165, 1.54) is 0 Å². The maximum atomic E-state index is 5.36. The summed E-state index contributed by atoms with van der Waals surface area (Å²) in [6.45, 7) is 11.7. The van der Waals surface area contributed by atoms with Crippen LogP contribution in [-0.2, 0) is 13.1 Å². The molecule has 3 heterocycles. The first-order chi connectivity index (χ1) is 13.3. The first kappa shape index (κ1) is 22.5. The largest absolute Gasteiger partial charge is 0.467 e. The standard InChI is InChI=1S/C20H30N6O.HI/c1-3-21-20(24-16-18-6-5-13-27-18)23-15-17-7-8-22-19(14-17)26-11-9-25(4-2)10-12-26;/h5-8,13-14H,3-4,9-12,15-16H2,1-2H3,(H2,21,23,24);1H. The van der Waals surface area contributed by atoms with Crippen molar-refractivity contribution >= 4 is 35.8 Å². The maximum Gasteiger partial charge on any atom is 0.191 e. The highest BCUT2D eigenvalue weighted by atomic mass is 127. The van der Waals surface area contributed by atoms with Gasteiger partial charge in [0, 0.05) is 38.9 Å². The number of rotatable bonds is 7. The van der Waals surface area contributed by atoms with Crippen LogP contribution < -0.4 is 15.5 Å². The average molecular weight is 498 g/mol. The van der Waals surface area contributed by atoms with Crippen LogP contribution in [0, 0.1) is 0 Å². The summed E-state index contributed by atoms with van der Waals surface area (Å²) < 4.78 is 5.36. The molecule has 0 saturated carbocycles. The minimum Gasteiger partial charge on any atom is -0.467 e. The van der Waals surface area contributed by atoms with Crippen LogP contribution >= 0.6 is 24.0 Å². The molecule has 0 spiro atoms. The second-order valence-electron chi connectivity index (χ2n) is 6.57. The monoisotopic (exact) mass is 498 g/mol. The molecule has 2 N–H and O–H groups in total. The normalized spacial score (nSPS) is 15.2. The smallest absolute Gasteiger partial charge is 0.191 e. The minimum absolute atomic E-state index is 0. The molecule has 0 atom stereocenters. The van der Waals surface area contributed by atoms with E-state index < -0.39 is 0 Å². The highest BCUT2D eigenvalue weighted by Crippen LogP contribution is 2.15. The quantitative estimate of drug-likeness (QED) is 0.348. The number of piperazine rings is 1. The second-order valence-corrected chi connectivity index (χ2v) is 6.57. The molecule has 1 aliphatic heterocycles. The molecule has 1 aliphatic rings. The number of hydrogen-bond donors (Lipinski definition) is 2. The fourth-order valence-electron chi connectivity index (χ4n) is 3.12. The second kappa shape index (κ2) is 11.9. The van der Waals surface area contributed by atoms with Crippen molar-refractivity contribution in [3.63, 3.8) is 0 Å². The summed E-state index contributed by atoms with van der Waals surface area (Å²) in [7, 11) is 0. The third-order valence-corrected chi connectivity index (χ3v) is 4.73. The Kier molecular flexibility index (Phi) is 9.56. The van der Waals surface area contributed by atoms with Crippen LogP contribution in [0.5, 0.6) is 0 Å². The van der Waals surface area contributed by atoms with Gasteiger partial charge in [0.15, 0.2) is 5.96 Å². The van der Waals surface area contributed by atoms with E-state index in [1.54, 1.807) is 6.26 Å². The summed E-state index contributed by atoms with van der Waals surface area (Å²) in [6, 6.07) is 8.02. The number of hydrogen-bond acceptors (Lipinski definition) is 5. The molecule has 154 valence electrons. The first-order valence-electron chi connectivity index (χ1n) is 9.75. The van der Waals surface area contributed by atoms with Crippen molar-refractivity contribution in [2.75, 3.05) is 44.2 Å². The molecule has 0 unspecified atom stereocenters. The zero-order valence-electron chi connectivity index (χ0n) is 16.7. The van der Waals surface area contributed by atoms with Crippen LogP contribution in [-0.4, -0.2) is 55.1 Å². The summed E-state index contributed by atoms with van der Waals surface area (Å²) in [5.41, 5.74) is 1.16. The molecule has 0 aliphatic carbocycles. The van der Waals surface area contributed by atoms with Crippen LogP contribution in [0.15, 0.2) is 46.1 Å². The zero-order valence-corrected chi connectivity index (χ0v) is 19.1. The summed E-state index contributed by atoms with van der Waals surface area (Å²) in [4.78, 5) is 14.1. The van der Waals surface area contributed by atoms with Crippen LogP contribution in [0.3, 0.4) is 0 Å². The highest BCUT2D eigenvalue weighted by Gasteiger charge is 2.16. The van der Waals surface area contributed by atoms with Crippen molar-refractivity contribution in [2.24, 2.45) is 4.99 Å². The topological polar surface area (TPSA) is 68.9 Å². The fourth-order valence-corrected chi connectivity index (χ4v) is 3.12. The van der Waals surface area contributed by atoms with Crippen LogP contribution in [0.1, 0.15) is 25.2 Å². The SMILES string of the molecule is CCNC(=NCc1ccnc(N2CCN(CC)CC2)c1)NCc1ccco1.I. The van der Waals surface area contributed by atoms with Gasteiger partial charge in [-0.2, -0.15) is 0 Å². The van der Waals surface area contributed by atoms with Gasteiger partial charge in [-0.05, 0) is 43.3 Å². The number of nitrogens with one attached hydrogen (secondary N) is 2. The van der Waals surface area contributed by atoms with Gasteiger partial charge in [-0.15, -0.1) is 24.0 Å². The van der Waals surface area contributed by atoms with Crippen molar-refractivity contribution in [1.82, 2.24) is 20.5 Å². The molecule has 1 fully saturated rings. The number of halogens is 1. The maximum absolute atomic E-state index is 5.36. The lowest BCUT2D eigenvalue weighted by molar-refractivity contribution is 0.270. The van der Waals surface area contributed by atoms with Crippen molar-refractivity contribution in [3.05, 3.63) is 48.0 Å². The molecule has 28 heavy (non-hydrogen) atoms. The summed E-state index contributed by atoms with van der Waals surface area (Å²) >= 11 is 0. The Bertz CT molecular complexity index is 713. The Morgan fingerprint density at radius 3 is 2.68 bits per heavy atom. The Morgan fingerprint density at radius 2 is 2.00 bits per heavy atom. The van der Waals surface area contributed by atoms with E-state index in [1.807, 2.05) is 24.4 Å². The van der Waals surface area contributed by atoms with Crippen molar-refractivity contribution in [1.29, 1.82) is 0 Å². The molecule has 7 nitrogen and oxygen atoms in total. The van der Waals surface area contributed by atoms with Crippen LogP contribution in [0.4, 0.5) is 5.82 Å². The van der Waals surface area contributed by atoms with E-state index in [2.05, 4.69) is 45.3 Å². The third-order valence-electron chi connectivity index (χ3n) is 4.73. The van der Waals surface area contributed by atoms with Gasteiger partial charge in [-0.25, -0.2) is 9.98 Å². The van der Waals surface area contributed by atoms with Gasteiger partial charge in [0.25, 0.3) is 0 Å². The minimum atomic E-state index is 0. The number of pyridine rings is 1. The van der Waals surface area contributed by atoms with E-state index in [-0.39, 0.29) is 24.0 Å². The Hall–Kier alpha value is -1.81. The number of furan rings is 1. The van der Waals surface area contributed by atoms with E-state index in [0.717, 1.165) is 62.4 Å². The first-order valence-corrected chi connectivity index (χ1v) is 9.75. The van der Waals surface area contributed by atoms with Gasteiger partial charge in [0.1, 0.15) is 11.6 Å². The Balaban J connectivity index is 0.00000280. The zero-order chi connectivity index (χ0) is 18.9. The predicted octanol–water partition coefficient (Wildman–Crippen LogP) is 2.69. The van der Waals surface area contributed by atoms with Gasteiger partial charge < -0.3 is 24.9 Å². The lowest BCUT2D eigenvalue weighted by Crippen LogP contribution is -2.46. The predicted molar refractivity (Wildman–Crippen MR) is 124 cm³/mol. The number of guanidine groups is 1. The molecule has 0 aromatic carbocycles. The van der Waals surface area contributed by atoms with Gasteiger partial charge >= 0.3 is 0 Å².